The Balaban J connectivity index is 1.71. The van der Waals surface area contributed by atoms with Crippen molar-refractivity contribution in [1.29, 1.82) is 0 Å². The Hall–Kier alpha value is -2.24. The molecule has 0 radical (unpaired) electrons. The lowest BCUT2D eigenvalue weighted by Crippen LogP contribution is -2.40. The maximum atomic E-state index is 12.0. The first-order chi connectivity index (χ1) is 10.6. The van der Waals surface area contributed by atoms with Crippen LogP contribution in [0.25, 0.3) is 0 Å². The van der Waals surface area contributed by atoms with E-state index in [-0.39, 0.29) is 5.91 Å². The third kappa shape index (κ3) is 4.13. The van der Waals surface area contributed by atoms with Gasteiger partial charge in [0.25, 0.3) is 0 Å². The van der Waals surface area contributed by atoms with Crippen molar-refractivity contribution in [2.24, 2.45) is 0 Å². The molecular weight excluding hydrogens is 286 g/mol. The first kappa shape index (κ1) is 16.1. The molecule has 0 bridgehead atoms. The van der Waals surface area contributed by atoms with Gasteiger partial charge in [-0.1, -0.05) is 0 Å². The molecule has 0 unspecified atom stereocenters. The Kier molecular flexibility index (Phi) is 5.63. The molecule has 1 saturated heterocycles. The van der Waals surface area contributed by atoms with Gasteiger partial charge in [-0.05, 0) is 43.5 Å². The SMILES string of the molecule is COc1ccc(OCCCC(=O)N2CCC[C@H]2C(=O)O)cc1. The van der Waals surface area contributed by atoms with E-state index in [1.165, 1.54) is 4.90 Å². The van der Waals surface area contributed by atoms with Gasteiger partial charge in [-0.3, -0.25) is 4.79 Å². The highest BCUT2D eigenvalue weighted by atomic mass is 16.5. The van der Waals surface area contributed by atoms with Crippen LogP contribution in [0.4, 0.5) is 0 Å². The molecule has 6 heteroatoms. The van der Waals surface area contributed by atoms with E-state index >= 15 is 0 Å². The van der Waals surface area contributed by atoms with Crippen molar-refractivity contribution in [1.82, 2.24) is 4.90 Å². The molecule has 0 aromatic heterocycles. The molecule has 1 atom stereocenters. The highest BCUT2D eigenvalue weighted by Gasteiger charge is 2.33. The maximum absolute atomic E-state index is 12.0. The molecule has 1 heterocycles. The number of aliphatic carboxylic acids is 1. The smallest absolute Gasteiger partial charge is 0.326 e. The van der Waals surface area contributed by atoms with Gasteiger partial charge in [0, 0.05) is 13.0 Å². The van der Waals surface area contributed by atoms with Crippen LogP contribution in [0.5, 0.6) is 11.5 Å². The molecule has 1 aliphatic heterocycles. The first-order valence-electron chi connectivity index (χ1n) is 7.41. The van der Waals surface area contributed by atoms with E-state index in [0.29, 0.717) is 32.4 Å². The number of hydrogen-bond donors (Lipinski definition) is 1. The number of carbonyl (C=O) groups is 2. The molecule has 0 aliphatic carbocycles. The Morgan fingerprint density at radius 2 is 1.95 bits per heavy atom. The molecule has 22 heavy (non-hydrogen) atoms. The van der Waals surface area contributed by atoms with Gasteiger partial charge in [-0.15, -0.1) is 0 Å². The average molecular weight is 307 g/mol. The minimum Gasteiger partial charge on any atom is -0.497 e. The van der Waals surface area contributed by atoms with Crippen LogP contribution in [-0.2, 0) is 9.59 Å². The van der Waals surface area contributed by atoms with Gasteiger partial charge in [0.15, 0.2) is 0 Å². The van der Waals surface area contributed by atoms with Crippen LogP contribution >= 0.6 is 0 Å². The van der Waals surface area contributed by atoms with E-state index in [9.17, 15) is 9.59 Å². The predicted octanol–water partition coefficient (Wildman–Crippen LogP) is 1.93. The quantitative estimate of drug-likeness (QED) is 0.779. The standard InChI is InChI=1S/C16H21NO5/c1-21-12-6-8-13(9-7-12)22-11-3-5-15(18)17-10-2-4-14(17)16(19)20/h6-9,14H,2-5,10-11H2,1H3,(H,19,20)/t14-/m0/s1. The second kappa shape index (κ2) is 7.68. The Morgan fingerprint density at radius 1 is 1.27 bits per heavy atom. The summed E-state index contributed by atoms with van der Waals surface area (Å²) in [4.78, 5) is 24.6. The van der Waals surface area contributed by atoms with Gasteiger partial charge >= 0.3 is 5.97 Å². The Bertz CT molecular complexity index is 514. The largest absolute Gasteiger partial charge is 0.497 e. The lowest BCUT2D eigenvalue weighted by Gasteiger charge is -2.21. The van der Waals surface area contributed by atoms with Crippen LogP contribution in [0, 0.1) is 0 Å². The number of nitrogens with zero attached hydrogens (tertiary/aromatic N) is 1. The summed E-state index contributed by atoms with van der Waals surface area (Å²) in [5.74, 6) is 0.456. The normalized spacial score (nSPS) is 17.3. The maximum Gasteiger partial charge on any atom is 0.326 e. The summed E-state index contributed by atoms with van der Waals surface area (Å²) < 4.78 is 10.6. The lowest BCUT2D eigenvalue weighted by molar-refractivity contribution is -0.148. The number of carboxylic acid groups (broad SMARTS) is 1. The number of rotatable bonds is 7. The predicted molar refractivity (Wildman–Crippen MR) is 80.1 cm³/mol. The molecule has 1 aromatic carbocycles. The number of likely N-dealkylation sites (tertiary alicyclic amines) is 1. The van der Waals surface area contributed by atoms with E-state index in [0.717, 1.165) is 17.9 Å². The van der Waals surface area contributed by atoms with Crippen LogP contribution in [-0.4, -0.2) is 48.2 Å². The first-order valence-corrected chi connectivity index (χ1v) is 7.41. The van der Waals surface area contributed by atoms with E-state index in [1.54, 1.807) is 7.11 Å². The van der Waals surface area contributed by atoms with E-state index < -0.39 is 12.0 Å². The molecule has 1 amide bonds. The van der Waals surface area contributed by atoms with Crippen LogP contribution in [0.2, 0.25) is 0 Å². The number of methoxy groups -OCH3 is 1. The molecule has 1 aliphatic rings. The second-order valence-corrected chi connectivity index (χ2v) is 5.21. The summed E-state index contributed by atoms with van der Waals surface area (Å²) in [6, 6.07) is 6.57. The van der Waals surface area contributed by atoms with Crippen molar-refractivity contribution in [2.75, 3.05) is 20.3 Å². The summed E-state index contributed by atoms with van der Waals surface area (Å²) in [5.41, 5.74) is 0. The van der Waals surface area contributed by atoms with Crippen LogP contribution in [0.3, 0.4) is 0 Å². The number of amides is 1. The highest BCUT2D eigenvalue weighted by Crippen LogP contribution is 2.20. The highest BCUT2D eigenvalue weighted by molar-refractivity contribution is 5.84. The average Bonchev–Trinajstić information content (AvgIpc) is 3.02. The summed E-state index contributed by atoms with van der Waals surface area (Å²) in [6.07, 6.45) is 2.17. The zero-order valence-electron chi connectivity index (χ0n) is 12.7. The summed E-state index contributed by atoms with van der Waals surface area (Å²) in [6.45, 7) is 0.957. The van der Waals surface area contributed by atoms with E-state index in [2.05, 4.69) is 0 Å². The van der Waals surface area contributed by atoms with Gasteiger partial charge in [0.1, 0.15) is 17.5 Å². The third-order valence-corrected chi connectivity index (χ3v) is 3.72. The van der Waals surface area contributed by atoms with Crippen molar-refractivity contribution in [3.63, 3.8) is 0 Å². The van der Waals surface area contributed by atoms with Gasteiger partial charge in [-0.2, -0.15) is 0 Å². The Labute approximate surface area is 129 Å². The number of benzene rings is 1. The summed E-state index contributed by atoms with van der Waals surface area (Å²) in [5, 5.41) is 9.07. The topological polar surface area (TPSA) is 76.1 Å². The zero-order chi connectivity index (χ0) is 15.9. The van der Waals surface area contributed by atoms with Crippen LogP contribution in [0.1, 0.15) is 25.7 Å². The fraction of sp³-hybridized carbons (Fsp3) is 0.500. The minimum absolute atomic E-state index is 0.108. The molecule has 0 spiro atoms. The molecule has 2 rings (SSSR count). The van der Waals surface area contributed by atoms with Crippen molar-refractivity contribution in [3.05, 3.63) is 24.3 Å². The molecule has 1 N–H and O–H groups in total. The molecule has 1 aromatic rings. The number of carbonyl (C=O) groups excluding carboxylic acids is 1. The van der Waals surface area contributed by atoms with Crippen molar-refractivity contribution < 1.29 is 24.2 Å². The molecule has 0 saturated carbocycles. The molecule has 6 nitrogen and oxygen atoms in total. The van der Waals surface area contributed by atoms with Crippen LogP contribution < -0.4 is 9.47 Å². The van der Waals surface area contributed by atoms with Crippen molar-refractivity contribution in [2.45, 2.75) is 31.7 Å². The van der Waals surface area contributed by atoms with Crippen LogP contribution in [0.15, 0.2) is 24.3 Å². The number of hydrogen-bond acceptors (Lipinski definition) is 4. The monoisotopic (exact) mass is 307 g/mol. The fourth-order valence-corrected chi connectivity index (χ4v) is 2.55. The summed E-state index contributed by atoms with van der Waals surface area (Å²) >= 11 is 0. The second-order valence-electron chi connectivity index (χ2n) is 5.21. The number of ether oxygens (including phenoxy) is 2. The van der Waals surface area contributed by atoms with Gasteiger partial charge in [0.05, 0.1) is 13.7 Å². The zero-order valence-corrected chi connectivity index (χ0v) is 12.7. The third-order valence-electron chi connectivity index (χ3n) is 3.72. The van der Waals surface area contributed by atoms with Gasteiger partial charge in [0.2, 0.25) is 5.91 Å². The van der Waals surface area contributed by atoms with Gasteiger partial charge in [-0.25, -0.2) is 4.79 Å². The van der Waals surface area contributed by atoms with Gasteiger partial charge < -0.3 is 19.5 Å². The molecule has 1 fully saturated rings. The number of carboxylic acids is 1. The van der Waals surface area contributed by atoms with E-state index in [1.807, 2.05) is 24.3 Å². The lowest BCUT2D eigenvalue weighted by atomic mass is 10.2. The van der Waals surface area contributed by atoms with Crippen molar-refractivity contribution in [3.8, 4) is 11.5 Å². The Morgan fingerprint density at radius 3 is 2.59 bits per heavy atom. The molecular formula is C16H21NO5. The summed E-state index contributed by atoms with van der Waals surface area (Å²) in [7, 11) is 1.60. The fourth-order valence-electron chi connectivity index (χ4n) is 2.55. The van der Waals surface area contributed by atoms with E-state index in [4.69, 9.17) is 14.6 Å². The van der Waals surface area contributed by atoms with Crippen molar-refractivity contribution >= 4 is 11.9 Å². The minimum atomic E-state index is -0.916. The molecule has 120 valence electrons.